The molecule has 0 aliphatic heterocycles. The van der Waals surface area contributed by atoms with Crippen LogP contribution in [0.2, 0.25) is 0 Å². The molecular formula is C12H23N3S. The standard InChI is InChI=1S/C12H23N3S/c1-5-10(2)15-7-6-11(14-15)8-16-9-12(3,4)13/h6-7,10H,5,8-9,13H2,1-4H3. The highest BCUT2D eigenvalue weighted by Crippen LogP contribution is 2.16. The Labute approximate surface area is 103 Å². The molecule has 0 aliphatic carbocycles. The van der Waals surface area contributed by atoms with E-state index >= 15 is 0 Å². The van der Waals surface area contributed by atoms with Gasteiger partial charge in [-0.1, -0.05) is 6.92 Å². The number of nitrogens with zero attached hydrogens (tertiary/aromatic N) is 2. The van der Waals surface area contributed by atoms with E-state index < -0.39 is 0 Å². The Morgan fingerprint density at radius 3 is 2.81 bits per heavy atom. The van der Waals surface area contributed by atoms with E-state index in [1.165, 1.54) is 0 Å². The summed E-state index contributed by atoms with van der Waals surface area (Å²) in [6, 6.07) is 2.59. The summed E-state index contributed by atoms with van der Waals surface area (Å²) in [4.78, 5) is 0. The molecule has 16 heavy (non-hydrogen) atoms. The van der Waals surface area contributed by atoms with Gasteiger partial charge in [-0.3, -0.25) is 4.68 Å². The van der Waals surface area contributed by atoms with Crippen LogP contribution < -0.4 is 5.73 Å². The summed E-state index contributed by atoms with van der Waals surface area (Å²) >= 11 is 1.85. The van der Waals surface area contributed by atoms with Gasteiger partial charge in [-0.2, -0.15) is 16.9 Å². The zero-order valence-corrected chi connectivity index (χ0v) is 11.5. The number of aromatic nitrogens is 2. The summed E-state index contributed by atoms with van der Waals surface area (Å²) in [7, 11) is 0. The molecule has 0 aromatic carbocycles. The van der Waals surface area contributed by atoms with E-state index in [0.717, 1.165) is 23.6 Å². The van der Waals surface area contributed by atoms with Gasteiger partial charge in [0.1, 0.15) is 0 Å². The van der Waals surface area contributed by atoms with E-state index in [-0.39, 0.29) is 5.54 Å². The van der Waals surface area contributed by atoms with Gasteiger partial charge in [-0.15, -0.1) is 0 Å². The molecule has 1 aromatic rings. The maximum atomic E-state index is 5.93. The molecule has 0 saturated carbocycles. The van der Waals surface area contributed by atoms with Crippen LogP contribution >= 0.6 is 11.8 Å². The lowest BCUT2D eigenvalue weighted by Crippen LogP contribution is -2.34. The number of hydrogen-bond acceptors (Lipinski definition) is 3. The fraction of sp³-hybridized carbons (Fsp3) is 0.750. The third-order valence-corrected chi connectivity index (χ3v) is 3.88. The first-order chi connectivity index (χ1) is 7.42. The summed E-state index contributed by atoms with van der Waals surface area (Å²) in [6.07, 6.45) is 3.18. The van der Waals surface area contributed by atoms with Crippen molar-refractivity contribution in [2.75, 3.05) is 5.75 Å². The van der Waals surface area contributed by atoms with Crippen LogP contribution in [0, 0.1) is 0 Å². The third-order valence-electron chi connectivity index (χ3n) is 2.43. The molecule has 1 unspecified atom stereocenters. The third kappa shape index (κ3) is 4.58. The Hall–Kier alpha value is -0.480. The predicted octanol–water partition coefficient (Wildman–Crippen LogP) is 2.82. The van der Waals surface area contributed by atoms with Gasteiger partial charge in [0, 0.05) is 29.3 Å². The second-order valence-electron chi connectivity index (χ2n) is 5.03. The highest BCUT2D eigenvalue weighted by Gasteiger charge is 2.11. The van der Waals surface area contributed by atoms with Gasteiger partial charge in [-0.25, -0.2) is 0 Å². The van der Waals surface area contributed by atoms with Crippen molar-refractivity contribution in [2.24, 2.45) is 5.73 Å². The van der Waals surface area contributed by atoms with E-state index in [0.29, 0.717) is 6.04 Å². The average molecular weight is 241 g/mol. The van der Waals surface area contributed by atoms with Crippen LogP contribution in [-0.2, 0) is 5.75 Å². The van der Waals surface area contributed by atoms with Crippen molar-refractivity contribution in [3.63, 3.8) is 0 Å². The molecule has 92 valence electrons. The first-order valence-electron chi connectivity index (χ1n) is 5.83. The molecule has 0 bridgehead atoms. The van der Waals surface area contributed by atoms with E-state index in [2.05, 4.69) is 45.1 Å². The molecule has 0 fully saturated rings. The molecule has 3 nitrogen and oxygen atoms in total. The van der Waals surface area contributed by atoms with Crippen molar-refractivity contribution < 1.29 is 0 Å². The van der Waals surface area contributed by atoms with Crippen molar-refractivity contribution in [1.82, 2.24) is 9.78 Å². The number of rotatable bonds is 6. The highest BCUT2D eigenvalue weighted by molar-refractivity contribution is 7.98. The molecule has 0 amide bonds. The van der Waals surface area contributed by atoms with Crippen molar-refractivity contribution in [3.05, 3.63) is 18.0 Å². The van der Waals surface area contributed by atoms with Gasteiger partial charge < -0.3 is 5.73 Å². The minimum Gasteiger partial charge on any atom is -0.325 e. The van der Waals surface area contributed by atoms with E-state index in [9.17, 15) is 0 Å². The quantitative estimate of drug-likeness (QED) is 0.833. The van der Waals surface area contributed by atoms with Crippen LogP contribution in [0.15, 0.2) is 12.3 Å². The second-order valence-corrected chi connectivity index (χ2v) is 6.01. The molecule has 4 heteroatoms. The Bertz CT molecular complexity index is 314. The van der Waals surface area contributed by atoms with Crippen molar-refractivity contribution in [2.45, 2.75) is 51.4 Å². The lowest BCUT2D eigenvalue weighted by atomic mass is 10.1. The molecule has 1 rings (SSSR count). The molecule has 1 aromatic heterocycles. The maximum Gasteiger partial charge on any atom is 0.0723 e. The second kappa shape index (κ2) is 5.73. The largest absolute Gasteiger partial charge is 0.325 e. The fourth-order valence-corrected chi connectivity index (χ4v) is 2.30. The number of thioether (sulfide) groups is 1. The topological polar surface area (TPSA) is 43.8 Å². The zero-order chi connectivity index (χ0) is 12.2. The fourth-order valence-electron chi connectivity index (χ4n) is 1.31. The minimum absolute atomic E-state index is 0.0933. The molecule has 0 aliphatic rings. The van der Waals surface area contributed by atoms with Gasteiger partial charge in [-0.05, 0) is 33.3 Å². The van der Waals surface area contributed by atoms with E-state index in [1.54, 1.807) is 0 Å². The smallest absolute Gasteiger partial charge is 0.0723 e. The average Bonchev–Trinajstić information content (AvgIpc) is 2.63. The first kappa shape index (κ1) is 13.6. The molecule has 1 heterocycles. The van der Waals surface area contributed by atoms with Crippen molar-refractivity contribution in [3.8, 4) is 0 Å². The van der Waals surface area contributed by atoms with E-state index in [1.807, 2.05) is 16.4 Å². The van der Waals surface area contributed by atoms with Crippen LogP contribution in [0.3, 0.4) is 0 Å². The van der Waals surface area contributed by atoms with E-state index in [4.69, 9.17) is 5.73 Å². The van der Waals surface area contributed by atoms with Crippen LogP contribution in [0.25, 0.3) is 0 Å². The summed E-state index contributed by atoms with van der Waals surface area (Å²) in [6.45, 7) is 8.47. The van der Waals surface area contributed by atoms with Crippen molar-refractivity contribution >= 4 is 11.8 Å². The summed E-state index contributed by atoms with van der Waals surface area (Å²) in [5.41, 5.74) is 6.98. The van der Waals surface area contributed by atoms with Gasteiger partial charge in [0.05, 0.1) is 5.69 Å². The Morgan fingerprint density at radius 2 is 2.25 bits per heavy atom. The Balaban J connectivity index is 2.41. The maximum absolute atomic E-state index is 5.93. The van der Waals surface area contributed by atoms with Gasteiger partial charge in [0.15, 0.2) is 0 Å². The number of hydrogen-bond donors (Lipinski definition) is 1. The Morgan fingerprint density at radius 1 is 1.56 bits per heavy atom. The van der Waals surface area contributed by atoms with Crippen LogP contribution in [0.1, 0.15) is 45.9 Å². The summed E-state index contributed by atoms with van der Waals surface area (Å²) in [5.74, 6) is 1.91. The van der Waals surface area contributed by atoms with Crippen molar-refractivity contribution in [1.29, 1.82) is 0 Å². The monoisotopic (exact) mass is 241 g/mol. The predicted molar refractivity (Wildman–Crippen MR) is 71.7 cm³/mol. The zero-order valence-electron chi connectivity index (χ0n) is 10.7. The molecule has 0 radical (unpaired) electrons. The molecule has 1 atom stereocenters. The summed E-state index contributed by atoms with van der Waals surface area (Å²) in [5, 5.41) is 4.56. The normalized spacial score (nSPS) is 14.1. The Kier molecular flexibility index (Phi) is 4.87. The SMILES string of the molecule is CCC(C)n1ccc(CSCC(C)(C)N)n1. The van der Waals surface area contributed by atoms with Crippen LogP contribution in [-0.4, -0.2) is 21.1 Å². The summed E-state index contributed by atoms with van der Waals surface area (Å²) < 4.78 is 2.05. The van der Waals surface area contributed by atoms with Gasteiger partial charge in [0.25, 0.3) is 0 Å². The lowest BCUT2D eigenvalue weighted by molar-refractivity contribution is 0.475. The molecule has 0 saturated heterocycles. The van der Waals surface area contributed by atoms with Gasteiger partial charge in [0.2, 0.25) is 0 Å². The molecule has 0 spiro atoms. The molecule has 2 N–H and O–H groups in total. The number of nitrogens with two attached hydrogens (primary N) is 1. The lowest BCUT2D eigenvalue weighted by Gasteiger charge is -2.16. The molecular weight excluding hydrogens is 218 g/mol. The minimum atomic E-state index is -0.0933. The van der Waals surface area contributed by atoms with Crippen LogP contribution in [0.4, 0.5) is 0 Å². The van der Waals surface area contributed by atoms with Gasteiger partial charge >= 0.3 is 0 Å². The van der Waals surface area contributed by atoms with Crippen LogP contribution in [0.5, 0.6) is 0 Å². The highest BCUT2D eigenvalue weighted by atomic mass is 32.2. The first-order valence-corrected chi connectivity index (χ1v) is 6.98.